The third kappa shape index (κ3) is 1.75. The van der Waals surface area contributed by atoms with Crippen LogP contribution in [-0.2, 0) is 6.61 Å². The number of nitrogens with two attached hydrogens (primary N) is 1. The van der Waals surface area contributed by atoms with E-state index >= 15 is 0 Å². The maximum absolute atomic E-state index is 6.00. The number of nitrogen functional groups attached to an aromatic ring is 1. The molecule has 3 rings (SSSR count). The summed E-state index contributed by atoms with van der Waals surface area (Å²) >= 11 is 13.4. The summed E-state index contributed by atoms with van der Waals surface area (Å²) in [5, 5.41) is 1.61. The molecule has 0 saturated heterocycles. The first-order valence-electron chi connectivity index (χ1n) is 4.77. The van der Waals surface area contributed by atoms with Gasteiger partial charge in [0.15, 0.2) is 5.13 Å². The maximum atomic E-state index is 6.00. The molecule has 0 spiro atoms. The lowest BCUT2D eigenvalue weighted by Gasteiger charge is -2.17. The standard InChI is InChI=1S/C10H7Cl2N3OS/c11-5-1-4-7(2-6(5)12)16-3-8-9(4)14-10(15-13)17-8/h1-2H,3,13H2,(H,14,15). The number of benzene rings is 1. The van der Waals surface area contributed by atoms with Crippen LogP contribution >= 0.6 is 34.5 Å². The van der Waals surface area contributed by atoms with Crippen LogP contribution in [0.2, 0.25) is 10.0 Å². The van der Waals surface area contributed by atoms with Crippen LogP contribution in [0.25, 0.3) is 11.3 Å². The monoisotopic (exact) mass is 287 g/mol. The summed E-state index contributed by atoms with van der Waals surface area (Å²) in [6.07, 6.45) is 0. The molecule has 2 aromatic rings. The molecule has 0 saturated carbocycles. The summed E-state index contributed by atoms with van der Waals surface area (Å²) in [6.45, 7) is 0.472. The van der Waals surface area contributed by atoms with Gasteiger partial charge in [-0.3, -0.25) is 5.43 Å². The Kier molecular flexibility index (Phi) is 2.63. The average molecular weight is 288 g/mol. The van der Waals surface area contributed by atoms with Crippen LogP contribution in [0.3, 0.4) is 0 Å². The van der Waals surface area contributed by atoms with E-state index in [0.29, 0.717) is 27.5 Å². The third-order valence-electron chi connectivity index (χ3n) is 2.46. The van der Waals surface area contributed by atoms with Crippen LogP contribution in [0.4, 0.5) is 5.13 Å². The van der Waals surface area contributed by atoms with Gasteiger partial charge in [-0.15, -0.1) is 0 Å². The quantitative estimate of drug-likeness (QED) is 0.624. The molecule has 2 heterocycles. The van der Waals surface area contributed by atoms with E-state index in [9.17, 15) is 0 Å². The zero-order valence-electron chi connectivity index (χ0n) is 8.46. The summed E-state index contributed by atoms with van der Waals surface area (Å²) < 4.78 is 5.60. The zero-order valence-corrected chi connectivity index (χ0v) is 10.8. The molecule has 0 atom stereocenters. The Balaban J connectivity index is 2.21. The second-order valence-corrected chi connectivity index (χ2v) is 5.38. The van der Waals surface area contributed by atoms with Crippen molar-refractivity contribution in [3.8, 4) is 17.0 Å². The summed E-state index contributed by atoms with van der Waals surface area (Å²) in [6, 6.07) is 3.47. The van der Waals surface area contributed by atoms with E-state index < -0.39 is 0 Å². The molecule has 1 aliphatic heterocycles. The normalized spacial score (nSPS) is 12.6. The molecule has 1 aromatic carbocycles. The van der Waals surface area contributed by atoms with Gasteiger partial charge in [0.1, 0.15) is 12.4 Å². The smallest absolute Gasteiger partial charge is 0.197 e. The van der Waals surface area contributed by atoms with E-state index in [1.165, 1.54) is 11.3 Å². The number of aromatic nitrogens is 1. The Morgan fingerprint density at radius 3 is 2.88 bits per heavy atom. The first kappa shape index (κ1) is 11.1. The summed E-state index contributed by atoms with van der Waals surface area (Å²) in [5.41, 5.74) is 4.23. The van der Waals surface area contributed by atoms with Crippen LogP contribution in [-0.4, -0.2) is 4.98 Å². The van der Waals surface area contributed by atoms with Gasteiger partial charge in [0.25, 0.3) is 0 Å². The van der Waals surface area contributed by atoms with Crippen LogP contribution in [0.15, 0.2) is 12.1 Å². The Bertz CT molecular complexity index is 599. The topological polar surface area (TPSA) is 60.2 Å². The van der Waals surface area contributed by atoms with Crippen molar-refractivity contribution in [3.63, 3.8) is 0 Å². The molecule has 7 heteroatoms. The van der Waals surface area contributed by atoms with E-state index in [4.69, 9.17) is 33.8 Å². The van der Waals surface area contributed by atoms with Crippen molar-refractivity contribution >= 4 is 39.7 Å². The van der Waals surface area contributed by atoms with E-state index in [0.717, 1.165) is 16.1 Å². The Morgan fingerprint density at radius 2 is 2.12 bits per heavy atom. The predicted octanol–water partition coefficient (Wildman–Crippen LogP) is 3.29. The molecule has 0 fully saturated rings. The number of nitrogens with zero attached hydrogens (tertiary/aromatic N) is 1. The van der Waals surface area contributed by atoms with E-state index in [-0.39, 0.29) is 0 Å². The lowest BCUT2D eigenvalue weighted by Crippen LogP contribution is -2.06. The maximum Gasteiger partial charge on any atom is 0.197 e. The Hall–Kier alpha value is -1.01. The van der Waals surface area contributed by atoms with Gasteiger partial charge in [0, 0.05) is 11.6 Å². The first-order valence-corrected chi connectivity index (χ1v) is 6.35. The van der Waals surface area contributed by atoms with Crippen molar-refractivity contribution in [1.29, 1.82) is 0 Å². The fourth-order valence-corrected chi connectivity index (χ4v) is 2.81. The predicted molar refractivity (Wildman–Crippen MR) is 69.7 cm³/mol. The lowest BCUT2D eigenvalue weighted by molar-refractivity contribution is 0.305. The van der Waals surface area contributed by atoms with Crippen molar-refractivity contribution in [2.75, 3.05) is 5.43 Å². The minimum absolute atomic E-state index is 0.472. The molecule has 88 valence electrons. The number of halogens is 2. The van der Waals surface area contributed by atoms with Crippen molar-refractivity contribution < 1.29 is 4.74 Å². The fourth-order valence-electron chi connectivity index (χ4n) is 1.70. The van der Waals surface area contributed by atoms with Gasteiger partial charge in [-0.1, -0.05) is 34.5 Å². The van der Waals surface area contributed by atoms with E-state index in [1.807, 2.05) is 0 Å². The van der Waals surface area contributed by atoms with Crippen molar-refractivity contribution in [2.45, 2.75) is 6.61 Å². The van der Waals surface area contributed by atoms with Gasteiger partial charge in [-0.25, -0.2) is 10.8 Å². The number of anilines is 1. The van der Waals surface area contributed by atoms with Crippen molar-refractivity contribution in [1.82, 2.24) is 4.98 Å². The highest BCUT2D eigenvalue weighted by molar-refractivity contribution is 7.16. The molecule has 0 unspecified atom stereocenters. The van der Waals surface area contributed by atoms with Gasteiger partial charge >= 0.3 is 0 Å². The molecule has 0 radical (unpaired) electrons. The van der Waals surface area contributed by atoms with Crippen molar-refractivity contribution in [2.24, 2.45) is 5.84 Å². The van der Waals surface area contributed by atoms with Gasteiger partial charge in [0.2, 0.25) is 0 Å². The first-order chi connectivity index (χ1) is 8.19. The molecule has 0 aliphatic carbocycles. The number of fused-ring (bicyclic) bond motifs is 3. The largest absolute Gasteiger partial charge is 0.487 e. The number of rotatable bonds is 1. The molecular formula is C10H7Cl2N3OS. The Labute approximate surface area is 111 Å². The minimum Gasteiger partial charge on any atom is -0.487 e. The molecule has 1 aliphatic rings. The van der Waals surface area contributed by atoms with E-state index in [1.54, 1.807) is 12.1 Å². The number of hydrogen-bond donors (Lipinski definition) is 2. The highest BCUT2D eigenvalue weighted by Crippen LogP contribution is 2.43. The molecular weight excluding hydrogens is 281 g/mol. The lowest BCUT2D eigenvalue weighted by atomic mass is 10.1. The highest BCUT2D eigenvalue weighted by Gasteiger charge is 2.23. The van der Waals surface area contributed by atoms with Gasteiger partial charge in [0.05, 0.1) is 20.6 Å². The van der Waals surface area contributed by atoms with Gasteiger partial charge < -0.3 is 4.74 Å². The average Bonchev–Trinajstić information content (AvgIpc) is 2.74. The third-order valence-corrected chi connectivity index (χ3v) is 4.14. The zero-order chi connectivity index (χ0) is 12.0. The summed E-state index contributed by atoms with van der Waals surface area (Å²) in [5.74, 6) is 6.04. The van der Waals surface area contributed by atoms with Crippen LogP contribution in [0.5, 0.6) is 5.75 Å². The van der Waals surface area contributed by atoms with Crippen LogP contribution < -0.4 is 16.0 Å². The minimum atomic E-state index is 0.472. The van der Waals surface area contributed by atoms with Gasteiger partial charge in [-0.2, -0.15) is 0 Å². The Morgan fingerprint density at radius 1 is 1.35 bits per heavy atom. The van der Waals surface area contributed by atoms with Crippen LogP contribution in [0.1, 0.15) is 4.88 Å². The number of hydrogen-bond acceptors (Lipinski definition) is 5. The number of thiazole rings is 1. The summed E-state index contributed by atoms with van der Waals surface area (Å²) in [7, 11) is 0. The second kappa shape index (κ2) is 4.03. The van der Waals surface area contributed by atoms with E-state index in [2.05, 4.69) is 10.4 Å². The highest BCUT2D eigenvalue weighted by atomic mass is 35.5. The number of nitrogens with one attached hydrogen (secondary N) is 1. The number of ether oxygens (including phenoxy) is 1. The van der Waals surface area contributed by atoms with Crippen LogP contribution in [0, 0.1) is 0 Å². The van der Waals surface area contributed by atoms with Crippen molar-refractivity contribution in [3.05, 3.63) is 27.1 Å². The molecule has 0 bridgehead atoms. The summed E-state index contributed by atoms with van der Waals surface area (Å²) in [4.78, 5) is 5.40. The molecule has 17 heavy (non-hydrogen) atoms. The number of hydrazine groups is 1. The molecule has 3 N–H and O–H groups in total. The van der Waals surface area contributed by atoms with Gasteiger partial charge in [-0.05, 0) is 6.07 Å². The molecule has 1 aromatic heterocycles. The molecule has 4 nitrogen and oxygen atoms in total. The SMILES string of the molecule is NNc1nc2c(s1)COc1cc(Cl)c(Cl)cc1-2. The molecule has 0 amide bonds. The second-order valence-electron chi connectivity index (χ2n) is 3.49. The fraction of sp³-hybridized carbons (Fsp3) is 0.100.